The van der Waals surface area contributed by atoms with E-state index < -0.39 is 17.9 Å². The van der Waals surface area contributed by atoms with Crippen LogP contribution in [0.3, 0.4) is 0 Å². The van der Waals surface area contributed by atoms with Gasteiger partial charge in [0.15, 0.2) is 0 Å². The van der Waals surface area contributed by atoms with E-state index in [0.29, 0.717) is 38.8 Å². The molecule has 0 radical (unpaired) electrons. The lowest BCUT2D eigenvalue weighted by atomic mass is 9.96. The number of benzene rings is 3. The Balaban J connectivity index is 1.57. The van der Waals surface area contributed by atoms with Crippen molar-refractivity contribution in [1.29, 1.82) is 0 Å². The summed E-state index contributed by atoms with van der Waals surface area (Å²) in [7, 11) is 0. The summed E-state index contributed by atoms with van der Waals surface area (Å²) in [5.41, 5.74) is 3.39. The molecule has 206 valence electrons. The summed E-state index contributed by atoms with van der Waals surface area (Å²) in [6.45, 7) is 1.40. The summed E-state index contributed by atoms with van der Waals surface area (Å²) in [6.07, 6.45) is 1.79. The predicted molar refractivity (Wildman–Crippen MR) is 155 cm³/mol. The van der Waals surface area contributed by atoms with Gasteiger partial charge in [-0.25, -0.2) is 4.79 Å². The van der Waals surface area contributed by atoms with Crippen LogP contribution in [0.4, 0.5) is 11.4 Å². The lowest BCUT2D eigenvalue weighted by molar-refractivity contribution is -0.120. The molecule has 0 saturated carbocycles. The number of aromatic carboxylic acids is 1. The van der Waals surface area contributed by atoms with Crippen molar-refractivity contribution in [2.45, 2.75) is 25.9 Å². The molecule has 10 heteroatoms. The summed E-state index contributed by atoms with van der Waals surface area (Å²) in [6, 6.07) is 20.8. The number of rotatable bonds is 7. The molecule has 3 aromatic carbocycles. The Labute approximate surface area is 240 Å². The zero-order valence-electron chi connectivity index (χ0n) is 21.9. The lowest BCUT2D eigenvalue weighted by Gasteiger charge is -2.29. The van der Waals surface area contributed by atoms with Crippen molar-refractivity contribution in [2.75, 3.05) is 10.6 Å². The number of nitrogens with zero attached hydrogens (tertiary/aromatic N) is 2. The van der Waals surface area contributed by atoms with Crippen molar-refractivity contribution in [1.82, 2.24) is 9.88 Å². The summed E-state index contributed by atoms with van der Waals surface area (Å²) in [5, 5.41) is 15.8. The zero-order chi connectivity index (χ0) is 29.1. The minimum atomic E-state index is -1.12. The molecule has 3 N–H and O–H groups in total. The Morgan fingerprint density at radius 1 is 1.00 bits per heavy atom. The molecule has 1 atom stereocenters. The second-order valence-electron chi connectivity index (χ2n) is 9.60. The number of hydrogen-bond donors (Lipinski definition) is 3. The number of carboxylic acids is 1. The average Bonchev–Trinajstić information content (AvgIpc) is 3.03. The van der Waals surface area contributed by atoms with E-state index in [1.807, 2.05) is 6.07 Å². The minimum absolute atomic E-state index is 0.0180. The molecule has 0 fully saturated rings. The number of halogens is 1. The Morgan fingerprint density at radius 3 is 2.56 bits per heavy atom. The topological polar surface area (TPSA) is 129 Å². The fraction of sp³-hybridized carbons (Fsp3) is 0.129. The van der Waals surface area contributed by atoms with Gasteiger partial charge < -0.3 is 20.6 Å². The van der Waals surface area contributed by atoms with Gasteiger partial charge in [-0.3, -0.25) is 19.4 Å². The number of amides is 3. The third-order valence-corrected chi connectivity index (χ3v) is 6.93. The normalized spacial score (nSPS) is 14.6. The zero-order valence-corrected chi connectivity index (χ0v) is 22.7. The molecule has 5 rings (SSSR count). The van der Waals surface area contributed by atoms with Crippen LogP contribution in [0.1, 0.15) is 38.9 Å². The van der Waals surface area contributed by atoms with Crippen LogP contribution in [0.15, 0.2) is 85.1 Å². The molecule has 0 aliphatic carbocycles. The molecule has 1 unspecified atom stereocenters. The van der Waals surface area contributed by atoms with E-state index in [4.69, 9.17) is 11.6 Å². The van der Waals surface area contributed by atoms with Gasteiger partial charge in [-0.1, -0.05) is 35.9 Å². The van der Waals surface area contributed by atoms with Gasteiger partial charge in [-0.05, 0) is 71.3 Å². The van der Waals surface area contributed by atoms with Crippen molar-refractivity contribution < 1.29 is 24.3 Å². The maximum absolute atomic E-state index is 13.9. The van der Waals surface area contributed by atoms with Crippen LogP contribution in [-0.2, 0) is 22.6 Å². The molecule has 0 bridgehead atoms. The molecule has 0 saturated heterocycles. The summed E-state index contributed by atoms with van der Waals surface area (Å²) in [4.78, 5) is 56.9. The number of hydrogen-bond acceptors (Lipinski definition) is 5. The molecule has 1 aliphatic heterocycles. The second-order valence-corrected chi connectivity index (χ2v) is 10.0. The number of carboxylic acid groups (broad SMARTS) is 1. The van der Waals surface area contributed by atoms with Crippen molar-refractivity contribution >= 4 is 46.7 Å². The number of pyridine rings is 1. The number of fused-ring (bicyclic) bond motifs is 1. The SMILES string of the molecule is CC(=O)Nc1cccc(-c2cc(CN3C(=O)c4ccc(Cl)cc4NC(=O)C3Cc3ccccn3)ccc2C(=O)O)c1. The molecule has 2 heterocycles. The number of carbonyl (C=O) groups is 4. The fourth-order valence-electron chi connectivity index (χ4n) is 4.84. The van der Waals surface area contributed by atoms with Gasteiger partial charge in [-0.15, -0.1) is 0 Å². The van der Waals surface area contributed by atoms with E-state index in [1.54, 1.807) is 66.9 Å². The monoisotopic (exact) mass is 568 g/mol. The largest absolute Gasteiger partial charge is 0.478 e. The highest BCUT2D eigenvalue weighted by atomic mass is 35.5. The van der Waals surface area contributed by atoms with Crippen molar-refractivity contribution in [2.24, 2.45) is 0 Å². The first-order valence-electron chi connectivity index (χ1n) is 12.7. The van der Waals surface area contributed by atoms with Crippen LogP contribution in [0, 0.1) is 0 Å². The maximum atomic E-state index is 13.9. The number of aromatic nitrogens is 1. The smallest absolute Gasteiger partial charge is 0.336 e. The van der Waals surface area contributed by atoms with E-state index in [2.05, 4.69) is 15.6 Å². The van der Waals surface area contributed by atoms with Crippen molar-refractivity contribution in [3.05, 3.63) is 112 Å². The van der Waals surface area contributed by atoms with Crippen molar-refractivity contribution in [3.63, 3.8) is 0 Å². The molecular formula is C31H25ClN4O5. The molecule has 3 amide bonds. The standard InChI is InChI=1S/C31H25ClN4O5/c1-18(37)34-23-7-4-5-20(14-23)26-13-19(8-10-24(26)31(40)41)17-36-28(16-22-6-2-3-12-33-22)29(38)35-27-15-21(32)9-11-25(27)30(36)39/h2-15,28H,16-17H2,1H3,(H,34,37)(H,35,38)(H,40,41). The predicted octanol–water partition coefficient (Wildman–Crippen LogP) is 5.26. The number of carbonyl (C=O) groups excluding carboxylic acids is 3. The highest BCUT2D eigenvalue weighted by molar-refractivity contribution is 6.31. The van der Waals surface area contributed by atoms with Gasteiger partial charge in [0.05, 0.1) is 16.8 Å². The van der Waals surface area contributed by atoms with E-state index in [0.717, 1.165) is 0 Å². The first kappa shape index (κ1) is 27.5. The van der Waals surface area contributed by atoms with Crippen LogP contribution >= 0.6 is 11.6 Å². The van der Waals surface area contributed by atoms with Gasteiger partial charge in [0.2, 0.25) is 11.8 Å². The van der Waals surface area contributed by atoms with E-state index >= 15 is 0 Å². The Morgan fingerprint density at radius 2 is 1.83 bits per heavy atom. The molecule has 9 nitrogen and oxygen atoms in total. The summed E-state index contributed by atoms with van der Waals surface area (Å²) < 4.78 is 0. The van der Waals surface area contributed by atoms with Gasteiger partial charge in [0.1, 0.15) is 6.04 Å². The first-order chi connectivity index (χ1) is 19.7. The molecule has 1 aromatic heterocycles. The van der Waals surface area contributed by atoms with E-state index in [9.17, 15) is 24.3 Å². The maximum Gasteiger partial charge on any atom is 0.336 e. The van der Waals surface area contributed by atoms with Gasteiger partial charge in [0.25, 0.3) is 5.91 Å². The Hall–Kier alpha value is -5.02. The number of anilines is 2. The van der Waals surface area contributed by atoms with Crippen LogP contribution in [0.5, 0.6) is 0 Å². The van der Waals surface area contributed by atoms with Crippen LogP contribution in [0.2, 0.25) is 5.02 Å². The molecule has 0 spiro atoms. The lowest BCUT2D eigenvalue weighted by Crippen LogP contribution is -2.46. The quantitative estimate of drug-likeness (QED) is 0.279. The van der Waals surface area contributed by atoms with Crippen LogP contribution in [-0.4, -0.2) is 44.7 Å². The van der Waals surface area contributed by atoms with E-state index in [-0.39, 0.29) is 35.9 Å². The Bertz CT molecular complexity index is 1670. The average molecular weight is 569 g/mol. The minimum Gasteiger partial charge on any atom is -0.478 e. The third-order valence-electron chi connectivity index (χ3n) is 6.70. The van der Waals surface area contributed by atoms with Crippen molar-refractivity contribution in [3.8, 4) is 11.1 Å². The third kappa shape index (κ3) is 6.10. The Kier molecular flexibility index (Phi) is 7.80. The highest BCUT2D eigenvalue weighted by Gasteiger charge is 2.36. The van der Waals surface area contributed by atoms with Crippen LogP contribution < -0.4 is 10.6 Å². The molecular weight excluding hydrogens is 544 g/mol. The first-order valence-corrected chi connectivity index (χ1v) is 13.1. The van der Waals surface area contributed by atoms with Gasteiger partial charge >= 0.3 is 5.97 Å². The highest BCUT2D eigenvalue weighted by Crippen LogP contribution is 2.31. The van der Waals surface area contributed by atoms with E-state index in [1.165, 1.54) is 24.0 Å². The summed E-state index contributed by atoms with van der Waals surface area (Å²) in [5.74, 6) is -2.16. The summed E-state index contributed by atoms with van der Waals surface area (Å²) >= 11 is 6.16. The molecule has 41 heavy (non-hydrogen) atoms. The fourth-order valence-corrected chi connectivity index (χ4v) is 5.01. The second kappa shape index (κ2) is 11.6. The van der Waals surface area contributed by atoms with Gasteiger partial charge in [-0.2, -0.15) is 0 Å². The molecule has 4 aromatic rings. The molecule has 1 aliphatic rings. The number of nitrogens with one attached hydrogen (secondary N) is 2. The van der Waals surface area contributed by atoms with Crippen LogP contribution in [0.25, 0.3) is 11.1 Å². The van der Waals surface area contributed by atoms with Gasteiger partial charge in [0, 0.05) is 42.5 Å².